The normalized spacial score (nSPS) is 10.9. The summed E-state index contributed by atoms with van der Waals surface area (Å²) in [7, 11) is 5.74. The zero-order valence-electron chi connectivity index (χ0n) is 17.4. The van der Waals surface area contributed by atoms with Gasteiger partial charge in [-0.2, -0.15) is 0 Å². The van der Waals surface area contributed by atoms with Crippen molar-refractivity contribution in [3.8, 4) is 5.75 Å². The van der Waals surface area contributed by atoms with Crippen LogP contribution in [-0.4, -0.2) is 43.7 Å². The molecule has 0 aliphatic heterocycles. The summed E-state index contributed by atoms with van der Waals surface area (Å²) in [6.07, 6.45) is 0. The van der Waals surface area contributed by atoms with E-state index in [1.807, 2.05) is 61.3 Å². The number of hydrogen-bond donors (Lipinski definition) is 1. The van der Waals surface area contributed by atoms with Crippen LogP contribution in [0, 0.1) is 0 Å². The van der Waals surface area contributed by atoms with Crippen LogP contribution in [0.2, 0.25) is 0 Å². The van der Waals surface area contributed by atoms with Gasteiger partial charge in [0.25, 0.3) is 0 Å². The maximum atomic E-state index is 12.9. The quantitative estimate of drug-likeness (QED) is 0.453. The van der Waals surface area contributed by atoms with E-state index in [9.17, 15) is 9.90 Å². The number of phenolic OH excluding ortho intramolecular Hbond substituents is 1. The predicted octanol–water partition coefficient (Wildman–Crippen LogP) is 5.20. The number of ether oxygens (including phenoxy) is 1. The van der Waals surface area contributed by atoms with Gasteiger partial charge in [-0.05, 0) is 55.1 Å². The number of furan rings is 1. The number of aromatic hydroxyl groups is 1. The van der Waals surface area contributed by atoms with Crippen LogP contribution in [0.3, 0.4) is 0 Å². The highest BCUT2D eigenvalue weighted by Gasteiger charge is 2.27. The fourth-order valence-electron chi connectivity index (χ4n) is 3.33. The first-order valence-electron chi connectivity index (χ1n) is 9.37. The highest BCUT2D eigenvalue weighted by atomic mass is 79.9. The van der Waals surface area contributed by atoms with Gasteiger partial charge in [-0.15, -0.1) is 12.4 Å². The number of halogens is 2. The third kappa shape index (κ3) is 4.91. The number of nitrogens with zero attached hydrogens (tertiary/aromatic N) is 2. The fraction of sp³-hybridized carbons (Fsp3) is 0.318. The monoisotopic (exact) mass is 496 g/mol. The highest BCUT2D eigenvalue weighted by Crippen LogP contribution is 2.40. The molecule has 3 aromatic rings. The lowest BCUT2D eigenvalue weighted by Crippen LogP contribution is -2.18. The van der Waals surface area contributed by atoms with E-state index in [0.29, 0.717) is 45.4 Å². The molecule has 8 heteroatoms. The molecule has 0 aliphatic carbocycles. The number of carbonyl (C=O) groups excluding carboxylic acids is 1. The molecule has 30 heavy (non-hydrogen) atoms. The van der Waals surface area contributed by atoms with Crippen molar-refractivity contribution in [2.75, 3.05) is 32.6 Å². The van der Waals surface area contributed by atoms with Crippen molar-refractivity contribution in [3.05, 3.63) is 57.8 Å². The first-order chi connectivity index (χ1) is 13.8. The molecule has 0 bridgehead atoms. The molecule has 3 rings (SSSR count). The van der Waals surface area contributed by atoms with E-state index < -0.39 is 5.97 Å². The van der Waals surface area contributed by atoms with Gasteiger partial charge in [0.1, 0.15) is 22.7 Å². The molecule has 0 saturated carbocycles. The number of phenols is 1. The average molecular weight is 498 g/mol. The molecule has 1 N–H and O–H groups in total. The Hall–Kier alpha value is -2.22. The lowest BCUT2D eigenvalue weighted by atomic mass is 10.0. The lowest BCUT2D eigenvalue weighted by Gasteiger charge is -2.18. The zero-order valence-corrected chi connectivity index (χ0v) is 19.8. The van der Waals surface area contributed by atoms with Crippen molar-refractivity contribution in [2.45, 2.75) is 20.0 Å². The maximum absolute atomic E-state index is 12.9. The smallest absolute Gasteiger partial charge is 0.342 e. The van der Waals surface area contributed by atoms with Gasteiger partial charge in [-0.3, -0.25) is 0 Å². The van der Waals surface area contributed by atoms with Crippen molar-refractivity contribution in [2.24, 2.45) is 0 Å². The molecule has 1 aromatic heterocycles. The number of benzene rings is 2. The Morgan fingerprint density at radius 1 is 1.17 bits per heavy atom. The van der Waals surface area contributed by atoms with Crippen LogP contribution in [0.1, 0.15) is 28.6 Å². The standard InChI is InChI=1S/C22H25BrN2O4.ClH/c1-5-28-22(27)20-18(13-25(4)14-9-7-6-8-10-14)29-17-11-16(23)21(26)15(19(17)20)12-24(2)3;/h6-11,26H,5,12-13H2,1-4H3;1H. The number of esters is 1. The van der Waals surface area contributed by atoms with Gasteiger partial charge in [0, 0.05) is 30.2 Å². The third-order valence-corrected chi connectivity index (χ3v) is 5.22. The Labute approximate surface area is 190 Å². The second kappa shape index (κ2) is 10.2. The van der Waals surface area contributed by atoms with Crippen LogP contribution in [0.5, 0.6) is 5.75 Å². The SMILES string of the molecule is CCOC(=O)c1c(CN(C)c2ccccc2)oc2cc(Br)c(O)c(CN(C)C)c12.Cl. The van der Waals surface area contributed by atoms with Crippen LogP contribution in [0.25, 0.3) is 11.0 Å². The Kier molecular flexibility index (Phi) is 8.18. The third-order valence-electron chi connectivity index (χ3n) is 4.61. The highest BCUT2D eigenvalue weighted by molar-refractivity contribution is 9.10. The molecule has 0 saturated heterocycles. The molecule has 0 amide bonds. The molecule has 0 aliphatic rings. The Morgan fingerprint density at radius 3 is 2.43 bits per heavy atom. The van der Waals surface area contributed by atoms with Gasteiger partial charge in [0.2, 0.25) is 0 Å². The minimum absolute atomic E-state index is 0. The summed E-state index contributed by atoms with van der Waals surface area (Å²) in [6, 6.07) is 11.6. The van der Waals surface area contributed by atoms with E-state index in [-0.39, 0.29) is 24.8 Å². The van der Waals surface area contributed by atoms with Gasteiger partial charge in [-0.1, -0.05) is 18.2 Å². The van der Waals surface area contributed by atoms with E-state index in [1.54, 1.807) is 13.0 Å². The summed E-state index contributed by atoms with van der Waals surface area (Å²) in [4.78, 5) is 16.8. The summed E-state index contributed by atoms with van der Waals surface area (Å²) in [5, 5.41) is 11.3. The second-order valence-corrected chi connectivity index (χ2v) is 7.96. The van der Waals surface area contributed by atoms with Gasteiger partial charge in [0.05, 0.1) is 17.6 Å². The number of para-hydroxylation sites is 1. The second-order valence-electron chi connectivity index (χ2n) is 7.11. The van der Waals surface area contributed by atoms with Crippen LogP contribution < -0.4 is 4.90 Å². The fourth-order valence-corrected chi connectivity index (χ4v) is 3.78. The van der Waals surface area contributed by atoms with Gasteiger partial charge < -0.3 is 24.1 Å². The predicted molar refractivity (Wildman–Crippen MR) is 125 cm³/mol. The van der Waals surface area contributed by atoms with Crippen molar-refractivity contribution >= 4 is 51.0 Å². The molecule has 0 atom stereocenters. The van der Waals surface area contributed by atoms with Crippen molar-refractivity contribution in [3.63, 3.8) is 0 Å². The van der Waals surface area contributed by atoms with E-state index in [4.69, 9.17) is 9.15 Å². The zero-order chi connectivity index (χ0) is 21.1. The molecule has 1 heterocycles. The number of carbonyl (C=O) groups is 1. The van der Waals surface area contributed by atoms with E-state index in [2.05, 4.69) is 15.9 Å². The summed E-state index contributed by atoms with van der Waals surface area (Å²) in [5.74, 6) is 0.146. The van der Waals surface area contributed by atoms with E-state index in [1.165, 1.54) is 0 Å². The van der Waals surface area contributed by atoms with E-state index in [0.717, 1.165) is 5.69 Å². The van der Waals surface area contributed by atoms with Crippen molar-refractivity contribution in [1.82, 2.24) is 4.90 Å². The Bertz CT molecular complexity index is 1020. The van der Waals surface area contributed by atoms with Crippen molar-refractivity contribution in [1.29, 1.82) is 0 Å². The van der Waals surface area contributed by atoms with Crippen LogP contribution >= 0.6 is 28.3 Å². The number of anilines is 1. The number of fused-ring (bicyclic) bond motifs is 1. The summed E-state index contributed by atoms with van der Waals surface area (Å²) < 4.78 is 12.0. The molecular formula is C22H26BrClN2O4. The first-order valence-corrected chi connectivity index (χ1v) is 10.2. The lowest BCUT2D eigenvalue weighted by molar-refractivity contribution is 0.0525. The molecule has 0 spiro atoms. The molecule has 0 radical (unpaired) electrons. The Balaban J connectivity index is 0.00000320. The summed E-state index contributed by atoms with van der Waals surface area (Å²) >= 11 is 3.39. The first kappa shape index (κ1) is 24.1. The number of rotatable bonds is 7. The maximum Gasteiger partial charge on any atom is 0.342 e. The minimum atomic E-state index is -0.454. The van der Waals surface area contributed by atoms with Gasteiger partial charge >= 0.3 is 5.97 Å². The topological polar surface area (TPSA) is 66.1 Å². The van der Waals surface area contributed by atoms with Crippen LogP contribution in [-0.2, 0) is 17.8 Å². The molecular weight excluding hydrogens is 472 g/mol. The molecule has 6 nitrogen and oxygen atoms in total. The van der Waals surface area contributed by atoms with Crippen LogP contribution in [0.15, 0.2) is 45.3 Å². The molecule has 2 aromatic carbocycles. The Morgan fingerprint density at radius 2 is 1.83 bits per heavy atom. The minimum Gasteiger partial charge on any atom is -0.506 e. The molecule has 162 valence electrons. The molecule has 0 unspecified atom stereocenters. The average Bonchev–Trinajstić information content (AvgIpc) is 3.03. The van der Waals surface area contributed by atoms with Gasteiger partial charge in [0.15, 0.2) is 0 Å². The largest absolute Gasteiger partial charge is 0.506 e. The van der Waals surface area contributed by atoms with Gasteiger partial charge in [-0.25, -0.2) is 4.79 Å². The molecule has 0 fully saturated rings. The van der Waals surface area contributed by atoms with Crippen molar-refractivity contribution < 1.29 is 19.1 Å². The van der Waals surface area contributed by atoms with E-state index >= 15 is 0 Å². The summed E-state index contributed by atoms with van der Waals surface area (Å²) in [6.45, 7) is 2.85. The van der Waals surface area contributed by atoms with Crippen LogP contribution in [0.4, 0.5) is 5.69 Å². The summed E-state index contributed by atoms with van der Waals surface area (Å²) in [5.41, 5.74) is 2.52. The number of hydrogen-bond acceptors (Lipinski definition) is 6.